The Morgan fingerprint density at radius 3 is 3.00 bits per heavy atom. The molecule has 0 bridgehead atoms. The first kappa shape index (κ1) is 19.0. The number of benzene rings is 1. The van der Waals surface area contributed by atoms with E-state index in [0.29, 0.717) is 21.9 Å². The summed E-state index contributed by atoms with van der Waals surface area (Å²) in [6, 6.07) is 9.17. The highest BCUT2D eigenvalue weighted by Gasteiger charge is 2.21. The Labute approximate surface area is 169 Å². The number of fused-ring (bicyclic) bond motifs is 1. The summed E-state index contributed by atoms with van der Waals surface area (Å²) in [5.74, 6) is 0.507. The molecule has 0 radical (unpaired) electrons. The van der Waals surface area contributed by atoms with Gasteiger partial charge < -0.3 is 14.0 Å². The van der Waals surface area contributed by atoms with E-state index in [1.54, 1.807) is 18.3 Å². The normalized spacial score (nSPS) is 16.6. The number of hydrogen-bond acceptors (Lipinski definition) is 4. The van der Waals surface area contributed by atoms with Crippen molar-refractivity contribution in [2.24, 2.45) is 0 Å². The molecule has 1 saturated heterocycles. The number of halogens is 1. The number of rotatable bonds is 6. The lowest BCUT2D eigenvalue weighted by Gasteiger charge is -2.15. The van der Waals surface area contributed by atoms with Gasteiger partial charge >= 0.3 is 0 Å². The minimum atomic E-state index is -0.0503. The lowest BCUT2D eigenvalue weighted by Crippen LogP contribution is -2.18. The van der Waals surface area contributed by atoms with Crippen LogP contribution in [0.25, 0.3) is 10.9 Å². The highest BCUT2D eigenvalue weighted by Crippen LogP contribution is 2.30. The molecule has 0 spiro atoms. The van der Waals surface area contributed by atoms with Crippen molar-refractivity contribution in [3.8, 4) is 5.75 Å². The number of hydrogen-bond donors (Lipinski definition) is 0. The van der Waals surface area contributed by atoms with Crippen molar-refractivity contribution in [1.82, 2.24) is 9.55 Å². The zero-order valence-corrected chi connectivity index (χ0v) is 16.8. The summed E-state index contributed by atoms with van der Waals surface area (Å²) >= 11 is 6.22. The number of carbonyl (C=O) groups is 1. The Morgan fingerprint density at radius 2 is 2.21 bits per heavy atom. The zero-order chi connectivity index (χ0) is 19.7. The molecule has 2 aromatic heterocycles. The summed E-state index contributed by atoms with van der Waals surface area (Å²) in [7, 11) is 0. The van der Waals surface area contributed by atoms with Crippen molar-refractivity contribution in [2.45, 2.75) is 39.3 Å². The van der Waals surface area contributed by atoms with E-state index < -0.39 is 0 Å². The van der Waals surface area contributed by atoms with E-state index in [-0.39, 0.29) is 18.5 Å². The van der Waals surface area contributed by atoms with Crippen LogP contribution in [-0.4, -0.2) is 34.7 Å². The predicted molar refractivity (Wildman–Crippen MR) is 109 cm³/mol. The third kappa shape index (κ3) is 3.64. The van der Waals surface area contributed by atoms with Gasteiger partial charge in [0.25, 0.3) is 0 Å². The Hall–Kier alpha value is -2.37. The van der Waals surface area contributed by atoms with E-state index in [0.717, 1.165) is 42.8 Å². The maximum Gasteiger partial charge on any atom is 0.202 e. The summed E-state index contributed by atoms with van der Waals surface area (Å²) < 4.78 is 13.7. The van der Waals surface area contributed by atoms with Crippen LogP contribution in [0.3, 0.4) is 0 Å². The number of aromatic nitrogens is 2. The van der Waals surface area contributed by atoms with Crippen molar-refractivity contribution in [3.05, 3.63) is 58.5 Å². The number of Topliss-reactive ketones (excluding diaryl/α,β-unsaturated/α-hetero) is 1. The third-order valence-corrected chi connectivity index (χ3v) is 5.65. The quantitative estimate of drug-likeness (QED) is 0.562. The van der Waals surface area contributed by atoms with Crippen molar-refractivity contribution in [2.75, 3.05) is 13.2 Å². The topological polar surface area (TPSA) is 53.3 Å². The Bertz CT molecular complexity index is 1020. The molecule has 146 valence electrons. The molecule has 1 fully saturated rings. The van der Waals surface area contributed by atoms with Crippen LogP contribution in [0.5, 0.6) is 5.75 Å². The fourth-order valence-corrected chi connectivity index (χ4v) is 4.02. The summed E-state index contributed by atoms with van der Waals surface area (Å²) in [6.07, 6.45) is 4.09. The lowest BCUT2D eigenvalue weighted by molar-refractivity contribution is 0.0915. The molecule has 0 saturated carbocycles. The maximum absolute atomic E-state index is 12.8. The van der Waals surface area contributed by atoms with Gasteiger partial charge in [-0.15, -0.1) is 0 Å². The molecule has 4 rings (SSSR count). The van der Waals surface area contributed by atoms with E-state index in [4.69, 9.17) is 21.1 Å². The Morgan fingerprint density at radius 1 is 1.36 bits per heavy atom. The second kappa shape index (κ2) is 7.94. The van der Waals surface area contributed by atoms with Gasteiger partial charge in [-0.25, -0.2) is 0 Å². The average Bonchev–Trinajstić information content (AvgIpc) is 3.31. The van der Waals surface area contributed by atoms with Crippen molar-refractivity contribution in [3.63, 3.8) is 0 Å². The molecule has 1 aliphatic rings. The number of ketones is 1. The van der Waals surface area contributed by atoms with Gasteiger partial charge in [0.1, 0.15) is 11.3 Å². The third-order valence-electron chi connectivity index (χ3n) is 5.32. The molecule has 3 aromatic rings. The first-order valence-electron chi connectivity index (χ1n) is 9.52. The smallest absolute Gasteiger partial charge is 0.202 e. The van der Waals surface area contributed by atoms with Crippen LogP contribution in [0.15, 0.2) is 36.5 Å². The van der Waals surface area contributed by atoms with E-state index in [2.05, 4.69) is 9.55 Å². The molecule has 0 unspecified atom stereocenters. The molecule has 0 amide bonds. The highest BCUT2D eigenvalue weighted by atomic mass is 35.5. The standard InChI is InChI=1S/C22H23ClN2O3/c1-14-11-18(15(2)25(14)12-16-5-4-10-27-16)20(26)13-28-21-8-7-19(23)17-6-3-9-24-22(17)21/h3,6-9,11,16H,4-5,10,12-13H2,1-2H3/t16-/m1/s1. The molecule has 3 heterocycles. The summed E-state index contributed by atoms with van der Waals surface area (Å²) in [4.78, 5) is 17.2. The molecule has 0 N–H and O–H groups in total. The molecule has 0 aliphatic carbocycles. The summed E-state index contributed by atoms with van der Waals surface area (Å²) in [5, 5.41) is 1.42. The van der Waals surface area contributed by atoms with Crippen LogP contribution in [0.2, 0.25) is 5.02 Å². The monoisotopic (exact) mass is 398 g/mol. The van der Waals surface area contributed by atoms with Gasteiger partial charge in [-0.2, -0.15) is 0 Å². The predicted octanol–water partition coefficient (Wildman–Crippen LogP) is 4.75. The van der Waals surface area contributed by atoms with E-state index in [1.807, 2.05) is 32.0 Å². The van der Waals surface area contributed by atoms with Gasteiger partial charge in [0, 0.05) is 41.7 Å². The molecule has 28 heavy (non-hydrogen) atoms. The molecule has 1 atom stereocenters. The second-order valence-corrected chi connectivity index (χ2v) is 7.59. The summed E-state index contributed by atoms with van der Waals surface area (Å²) in [6.45, 7) is 5.58. The van der Waals surface area contributed by atoms with E-state index in [9.17, 15) is 4.79 Å². The SMILES string of the molecule is Cc1cc(C(=O)COc2ccc(Cl)c3cccnc23)c(C)n1C[C@H]1CCCO1. The molecular weight excluding hydrogens is 376 g/mol. The fraction of sp³-hybridized carbons (Fsp3) is 0.364. The lowest BCUT2D eigenvalue weighted by atomic mass is 10.1. The molecule has 6 heteroatoms. The number of nitrogens with zero attached hydrogens (tertiary/aromatic N) is 2. The first-order valence-corrected chi connectivity index (χ1v) is 9.90. The fourth-order valence-electron chi connectivity index (χ4n) is 3.81. The number of ether oxygens (including phenoxy) is 2. The second-order valence-electron chi connectivity index (χ2n) is 7.19. The van der Waals surface area contributed by atoms with Crippen LogP contribution in [0.4, 0.5) is 0 Å². The van der Waals surface area contributed by atoms with Crippen LogP contribution < -0.4 is 4.74 Å². The number of carbonyl (C=O) groups excluding carboxylic acids is 1. The van der Waals surface area contributed by atoms with Gasteiger partial charge in [-0.1, -0.05) is 11.6 Å². The van der Waals surface area contributed by atoms with Crippen LogP contribution in [-0.2, 0) is 11.3 Å². The van der Waals surface area contributed by atoms with Crippen LogP contribution in [0, 0.1) is 13.8 Å². The zero-order valence-electron chi connectivity index (χ0n) is 16.1. The van der Waals surface area contributed by atoms with E-state index >= 15 is 0 Å². The van der Waals surface area contributed by atoms with Crippen molar-refractivity contribution in [1.29, 1.82) is 0 Å². The van der Waals surface area contributed by atoms with Crippen LogP contribution in [0.1, 0.15) is 34.6 Å². The molecule has 1 aromatic carbocycles. The minimum absolute atomic E-state index is 0.0441. The van der Waals surface area contributed by atoms with Gasteiger partial charge in [-0.3, -0.25) is 9.78 Å². The Kier molecular flexibility index (Phi) is 5.38. The molecule has 1 aliphatic heterocycles. The average molecular weight is 399 g/mol. The number of aryl methyl sites for hydroxylation is 1. The Balaban J connectivity index is 1.51. The summed E-state index contributed by atoms with van der Waals surface area (Å²) in [5.41, 5.74) is 3.38. The van der Waals surface area contributed by atoms with Gasteiger partial charge in [0.2, 0.25) is 5.78 Å². The van der Waals surface area contributed by atoms with Crippen molar-refractivity contribution >= 4 is 28.3 Å². The molecule has 5 nitrogen and oxygen atoms in total. The van der Waals surface area contributed by atoms with Gasteiger partial charge in [-0.05, 0) is 57.0 Å². The minimum Gasteiger partial charge on any atom is -0.483 e. The highest BCUT2D eigenvalue weighted by molar-refractivity contribution is 6.35. The molecular formula is C22H23ClN2O3. The maximum atomic E-state index is 12.8. The van der Waals surface area contributed by atoms with Crippen molar-refractivity contribution < 1.29 is 14.3 Å². The van der Waals surface area contributed by atoms with Crippen LogP contribution >= 0.6 is 11.6 Å². The van der Waals surface area contributed by atoms with Gasteiger partial charge in [0.15, 0.2) is 6.61 Å². The largest absolute Gasteiger partial charge is 0.483 e. The van der Waals surface area contributed by atoms with E-state index in [1.165, 1.54) is 0 Å². The first-order chi connectivity index (χ1) is 13.5. The number of pyridine rings is 1. The van der Waals surface area contributed by atoms with Gasteiger partial charge in [0.05, 0.1) is 11.1 Å².